The van der Waals surface area contributed by atoms with E-state index in [-0.39, 0.29) is 6.42 Å². The molecule has 0 aliphatic carbocycles. The number of hydrogen-bond acceptors (Lipinski definition) is 4. The molecule has 0 fully saturated rings. The molecule has 0 spiro atoms. The monoisotopic (exact) mass is 263 g/mol. The van der Waals surface area contributed by atoms with E-state index in [0.717, 1.165) is 18.4 Å². The van der Waals surface area contributed by atoms with Gasteiger partial charge in [-0.15, -0.1) is 4.91 Å². The van der Waals surface area contributed by atoms with Gasteiger partial charge in [0.15, 0.2) is 5.78 Å². The van der Waals surface area contributed by atoms with Crippen LogP contribution in [0, 0.1) is 4.91 Å². The van der Waals surface area contributed by atoms with Crippen LogP contribution in [0.15, 0.2) is 29.4 Å². The number of carboxylic acids is 1. The normalized spacial score (nSPS) is 11.8. The van der Waals surface area contributed by atoms with Crippen LogP contribution in [0.25, 0.3) is 0 Å². The van der Waals surface area contributed by atoms with E-state index >= 15 is 0 Å². The third-order valence-electron chi connectivity index (χ3n) is 2.83. The lowest BCUT2D eigenvalue weighted by atomic mass is 10.0. The lowest BCUT2D eigenvalue weighted by molar-refractivity contribution is -0.142. The fourth-order valence-corrected chi connectivity index (χ4v) is 1.88. The van der Waals surface area contributed by atoms with Gasteiger partial charge >= 0.3 is 5.97 Å². The summed E-state index contributed by atoms with van der Waals surface area (Å²) in [5.41, 5.74) is 2.16. The topological polar surface area (TPSA) is 83.8 Å². The van der Waals surface area contributed by atoms with E-state index in [1.807, 2.05) is 24.3 Å². The number of nitroso groups, excluding NO2 is 1. The first-order valence-electron chi connectivity index (χ1n) is 6.24. The fraction of sp³-hybridized carbons (Fsp3) is 0.429. The second kappa shape index (κ2) is 7.41. The molecule has 5 nitrogen and oxygen atoms in total. The summed E-state index contributed by atoms with van der Waals surface area (Å²) >= 11 is 0. The van der Waals surface area contributed by atoms with Gasteiger partial charge < -0.3 is 5.11 Å². The number of hydrogen-bond donors (Lipinski definition) is 1. The Bertz CT molecular complexity index is 470. The Hall–Kier alpha value is -2.04. The molecule has 0 bridgehead atoms. The van der Waals surface area contributed by atoms with Gasteiger partial charge in [-0.2, -0.15) is 0 Å². The molecule has 0 radical (unpaired) electrons. The number of nitrogens with zero attached hydrogens (tertiary/aromatic N) is 1. The number of carbonyl (C=O) groups is 2. The number of rotatable bonds is 8. The Labute approximate surface area is 111 Å². The van der Waals surface area contributed by atoms with E-state index in [2.05, 4.69) is 12.1 Å². The van der Waals surface area contributed by atoms with Gasteiger partial charge in [-0.05, 0) is 29.1 Å². The van der Waals surface area contributed by atoms with Crippen LogP contribution in [0.2, 0.25) is 0 Å². The molecule has 0 aliphatic rings. The van der Waals surface area contributed by atoms with Gasteiger partial charge in [0.25, 0.3) is 0 Å². The van der Waals surface area contributed by atoms with E-state index in [1.165, 1.54) is 5.56 Å². The summed E-state index contributed by atoms with van der Waals surface area (Å²) < 4.78 is 0. The van der Waals surface area contributed by atoms with E-state index in [9.17, 15) is 14.5 Å². The largest absolute Gasteiger partial charge is 0.479 e. The summed E-state index contributed by atoms with van der Waals surface area (Å²) in [6.07, 6.45) is 2.45. The van der Waals surface area contributed by atoms with Crippen molar-refractivity contribution in [1.29, 1.82) is 0 Å². The molecular weight excluding hydrogens is 246 g/mol. The molecular formula is C14H17NO4. The molecule has 0 aromatic heterocycles. The average Bonchev–Trinajstić information content (AvgIpc) is 2.37. The summed E-state index contributed by atoms with van der Waals surface area (Å²) in [6, 6.07) is 6.04. The summed E-state index contributed by atoms with van der Waals surface area (Å²) in [5.74, 6) is -2.14. The van der Waals surface area contributed by atoms with Gasteiger partial charge in [0.2, 0.25) is 6.04 Å². The highest BCUT2D eigenvalue weighted by atomic mass is 16.4. The van der Waals surface area contributed by atoms with Gasteiger partial charge in [0.1, 0.15) is 0 Å². The molecule has 1 aromatic carbocycles. The van der Waals surface area contributed by atoms with Crippen molar-refractivity contribution in [3.63, 3.8) is 0 Å². The molecule has 0 amide bonds. The second-order valence-corrected chi connectivity index (χ2v) is 4.38. The lowest BCUT2D eigenvalue weighted by Crippen LogP contribution is -2.27. The zero-order chi connectivity index (χ0) is 14.3. The molecule has 1 rings (SSSR count). The maximum Gasteiger partial charge on any atom is 0.339 e. The van der Waals surface area contributed by atoms with Crippen LogP contribution >= 0.6 is 0 Å². The molecule has 0 saturated heterocycles. The fourth-order valence-electron chi connectivity index (χ4n) is 1.88. The highest BCUT2D eigenvalue weighted by Gasteiger charge is 2.26. The Morgan fingerprint density at radius 1 is 1.26 bits per heavy atom. The average molecular weight is 263 g/mol. The highest BCUT2D eigenvalue weighted by Crippen LogP contribution is 2.11. The van der Waals surface area contributed by atoms with Crippen molar-refractivity contribution in [3.8, 4) is 0 Å². The Kier molecular flexibility index (Phi) is 5.85. The van der Waals surface area contributed by atoms with Crippen molar-refractivity contribution in [2.75, 3.05) is 0 Å². The Morgan fingerprint density at radius 3 is 2.42 bits per heavy atom. The van der Waals surface area contributed by atoms with Crippen LogP contribution < -0.4 is 0 Å². The highest BCUT2D eigenvalue weighted by molar-refractivity contribution is 6.02. The van der Waals surface area contributed by atoms with Gasteiger partial charge in [0.05, 0.1) is 0 Å². The quantitative estimate of drug-likeness (QED) is 0.576. The van der Waals surface area contributed by atoms with Gasteiger partial charge in [-0.25, -0.2) is 4.79 Å². The van der Waals surface area contributed by atoms with Gasteiger partial charge in [-0.3, -0.25) is 4.79 Å². The molecule has 1 aromatic rings. The Balaban J connectivity index is 2.61. The first-order chi connectivity index (χ1) is 9.08. The molecule has 5 heteroatoms. The summed E-state index contributed by atoms with van der Waals surface area (Å²) in [4.78, 5) is 32.4. The minimum atomic E-state index is -1.78. The van der Waals surface area contributed by atoms with Crippen molar-refractivity contribution in [3.05, 3.63) is 40.3 Å². The number of Topliss-reactive ketones (excluding diaryl/α,β-unsaturated/α-hetero) is 1. The SMILES string of the molecule is CCCc1cccc(CCC(=O)C(N=O)C(=O)O)c1. The first kappa shape index (κ1) is 15.0. The second-order valence-electron chi connectivity index (χ2n) is 4.38. The number of aliphatic carboxylic acids is 1. The number of carbonyl (C=O) groups excluding carboxylic acids is 1. The lowest BCUT2D eigenvalue weighted by Gasteiger charge is -2.05. The summed E-state index contributed by atoms with van der Waals surface area (Å²) in [5, 5.41) is 11.0. The van der Waals surface area contributed by atoms with Crippen molar-refractivity contribution in [2.24, 2.45) is 5.18 Å². The van der Waals surface area contributed by atoms with E-state index in [1.54, 1.807) is 0 Å². The molecule has 19 heavy (non-hydrogen) atoms. The zero-order valence-corrected chi connectivity index (χ0v) is 10.8. The number of carboxylic acid groups (broad SMARTS) is 1. The van der Waals surface area contributed by atoms with Crippen molar-refractivity contribution in [2.45, 2.75) is 38.6 Å². The molecule has 0 saturated carbocycles. The zero-order valence-electron chi connectivity index (χ0n) is 10.8. The number of benzene rings is 1. The molecule has 1 unspecified atom stereocenters. The van der Waals surface area contributed by atoms with Crippen molar-refractivity contribution >= 4 is 11.8 Å². The van der Waals surface area contributed by atoms with Crippen LogP contribution in [0.4, 0.5) is 0 Å². The van der Waals surface area contributed by atoms with E-state index in [4.69, 9.17) is 5.11 Å². The molecule has 0 heterocycles. The van der Waals surface area contributed by atoms with Gasteiger partial charge in [-0.1, -0.05) is 37.6 Å². The maximum atomic E-state index is 11.5. The molecule has 1 N–H and O–H groups in total. The minimum Gasteiger partial charge on any atom is -0.479 e. The third-order valence-corrected chi connectivity index (χ3v) is 2.83. The molecule has 0 aliphatic heterocycles. The molecule has 1 atom stereocenters. The smallest absolute Gasteiger partial charge is 0.339 e. The third kappa shape index (κ3) is 4.62. The first-order valence-corrected chi connectivity index (χ1v) is 6.24. The van der Waals surface area contributed by atoms with Gasteiger partial charge in [0, 0.05) is 6.42 Å². The number of aryl methyl sites for hydroxylation is 2. The van der Waals surface area contributed by atoms with Crippen LogP contribution in [-0.2, 0) is 22.4 Å². The predicted molar refractivity (Wildman–Crippen MR) is 71.0 cm³/mol. The maximum absolute atomic E-state index is 11.5. The summed E-state index contributed by atoms with van der Waals surface area (Å²) in [7, 11) is 0. The number of ketones is 1. The predicted octanol–water partition coefficient (Wildman–Crippen LogP) is 2.36. The standard InChI is InChI=1S/C14H17NO4/c1-2-4-10-5-3-6-11(9-10)7-8-12(16)13(15-19)14(17)18/h3,5-6,9,13H,2,4,7-8H2,1H3,(H,17,18). The molecule has 102 valence electrons. The Morgan fingerprint density at radius 2 is 1.89 bits per heavy atom. The van der Waals surface area contributed by atoms with E-state index < -0.39 is 17.8 Å². The van der Waals surface area contributed by atoms with Crippen molar-refractivity contribution < 1.29 is 14.7 Å². The van der Waals surface area contributed by atoms with E-state index in [0.29, 0.717) is 6.42 Å². The minimum absolute atomic E-state index is 0.0122. The van der Waals surface area contributed by atoms with Crippen LogP contribution in [0.3, 0.4) is 0 Å². The van der Waals surface area contributed by atoms with Crippen LogP contribution in [-0.4, -0.2) is 22.9 Å². The summed E-state index contributed by atoms with van der Waals surface area (Å²) in [6.45, 7) is 2.09. The van der Waals surface area contributed by atoms with Crippen LogP contribution in [0.1, 0.15) is 30.9 Å². The van der Waals surface area contributed by atoms with Crippen molar-refractivity contribution in [1.82, 2.24) is 0 Å². The van der Waals surface area contributed by atoms with Crippen LogP contribution in [0.5, 0.6) is 0 Å².